The van der Waals surface area contributed by atoms with Crippen molar-refractivity contribution in [3.05, 3.63) is 59.9 Å². The molecule has 1 atom stereocenters. The quantitative estimate of drug-likeness (QED) is 0.575. The van der Waals surface area contributed by atoms with Crippen LogP contribution in [0.25, 0.3) is 0 Å². The van der Waals surface area contributed by atoms with E-state index in [2.05, 4.69) is 10.6 Å². The van der Waals surface area contributed by atoms with Gasteiger partial charge in [-0.15, -0.1) is 0 Å². The molecular formula is C23H28FN3O5S. The smallest absolute Gasteiger partial charge is 0.243 e. The first-order valence-corrected chi connectivity index (χ1v) is 12.2. The molecule has 0 aromatic heterocycles. The van der Waals surface area contributed by atoms with Crippen molar-refractivity contribution in [3.63, 3.8) is 0 Å². The molecule has 0 spiro atoms. The topological polar surface area (TPSA) is 105 Å². The molecule has 2 aromatic rings. The molecular weight excluding hydrogens is 449 g/mol. The van der Waals surface area contributed by atoms with E-state index in [0.29, 0.717) is 25.9 Å². The second-order valence-electron chi connectivity index (χ2n) is 7.82. The lowest BCUT2D eigenvalue weighted by Crippen LogP contribution is -2.45. The van der Waals surface area contributed by atoms with Gasteiger partial charge in [0.05, 0.1) is 17.9 Å². The van der Waals surface area contributed by atoms with Gasteiger partial charge in [-0.2, -0.15) is 4.31 Å². The van der Waals surface area contributed by atoms with Crippen molar-refractivity contribution in [2.45, 2.75) is 30.7 Å². The van der Waals surface area contributed by atoms with Crippen LogP contribution in [0.15, 0.2) is 53.4 Å². The van der Waals surface area contributed by atoms with Gasteiger partial charge < -0.3 is 15.4 Å². The van der Waals surface area contributed by atoms with E-state index in [0.717, 1.165) is 23.4 Å². The highest BCUT2D eigenvalue weighted by atomic mass is 32.2. The van der Waals surface area contributed by atoms with Crippen LogP contribution in [0.1, 0.15) is 24.8 Å². The van der Waals surface area contributed by atoms with Gasteiger partial charge in [-0.3, -0.25) is 9.59 Å². The predicted molar refractivity (Wildman–Crippen MR) is 120 cm³/mol. The number of hydrogen-bond donors (Lipinski definition) is 2. The Hall–Kier alpha value is -2.98. The number of hydrogen-bond acceptors (Lipinski definition) is 5. The van der Waals surface area contributed by atoms with Crippen molar-refractivity contribution >= 4 is 21.8 Å². The molecule has 0 radical (unpaired) electrons. The van der Waals surface area contributed by atoms with Crippen LogP contribution in [0.3, 0.4) is 0 Å². The molecule has 1 aliphatic rings. The molecule has 0 aliphatic carbocycles. The first kappa shape index (κ1) is 24.7. The average Bonchev–Trinajstić information content (AvgIpc) is 2.83. The monoisotopic (exact) mass is 477 g/mol. The number of methoxy groups -OCH3 is 1. The number of nitrogens with zero attached hydrogens (tertiary/aromatic N) is 1. The second-order valence-corrected chi connectivity index (χ2v) is 9.76. The van der Waals surface area contributed by atoms with Crippen LogP contribution >= 0.6 is 0 Å². The number of rotatable bonds is 9. The van der Waals surface area contributed by atoms with E-state index >= 15 is 0 Å². The highest BCUT2D eigenvalue weighted by Gasteiger charge is 2.33. The summed E-state index contributed by atoms with van der Waals surface area (Å²) in [5, 5.41) is 5.52. The largest absolute Gasteiger partial charge is 0.497 e. The van der Waals surface area contributed by atoms with E-state index < -0.39 is 21.8 Å². The van der Waals surface area contributed by atoms with E-state index in [1.165, 1.54) is 16.4 Å². The molecule has 1 fully saturated rings. The number of benzene rings is 2. The summed E-state index contributed by atoms with van der Waals surface area (Å²) >= 11 is 0. The lowest BCUT2D eigenvalue weighted by Gasteiger charge is -2.31. The normalized spacial score (nSPS) is 16.7. The zero-order chi connectivity index (χ0) is 23.8. The highest BCUT2D eigenvalue weighted by molar-refractivity contribution is 7.89. The molecule has 3 rings (SSSR count). The fourth-order valence-electron chi connectivity index (χ4n) is 3.61. The summed E-state index contributed by atoms with van der Waals surface area (Å²) in [6.45, 7) is 0.885. The van der Waals surface area contributed by atoms with Gasteiger partial charge in [0.25, 0.3) is 0 Å². The summed E-state index contributed by atoms with van der Waals surface area (Å²) in [4.78, 5) is 24.6. The van der Waals surface area contributed by atoms with Gasteiger partial charge in [0.15, 0.2) is 0 Å². The van der Waals surface area contributed by atoms with Gasteiger partial charge in [-0.1, -0.05) is 12.1 Å². The van der Waals surface area contributed by atoms with Crippen LogP contribution in [0.2, 0.25) is 0 Å². The minimum absolute atomic E-state index is 0.00140. The molecule has 33 heavy (non-hydrogen) atoms. The molecule has 2 aromatic carbocycles. The highest BCUT2D eigenvalue weighted by Crippen LogP contribution is 2.24. The molecule has 10 heteroatoms. The Kier molecular flexibility index (Phi) is 8.40. The maximum absolute atomic E-state index is 13.1. The molecule has 2 N–H and O–H groups in total. The average molecular weight is 478 g/mol. The van der Waals surface area contributed by atoms with Crippen molar-refractivity contribution in [1.29, 1.82) is 0 Å². The fourth-order valence-corrected chi connectivity index (χ4v) is 5.13. The minimum Gasteiger partial charge on any atom is -0.497 e. The molecule has 0 saturated carbocycles. The molecule has 1 heterocycles. The number of ether oxygens (including phenoxy) is 1. The van der Waals surface area contributed by atoms with E-state index in [1.807, 2.05) is 24.3 Å². The second kappa shape index (κ2) is 11.2. The summed E-state index contributed by atoms with van der Waals surface area (Å²) in [6, 6.07) is 12.0. The maximum atomic E-state index is 13.1. The SMILES string of the molecule is COc1ccc(CNC(=O)CCNC(=O)C2CCCN(S(=O)(=O)c3ccc(F)cc3)C2)cc1. The number of nitrogens with one attached hydrogen (secondary N) is 2. The van der Waals surface area contributed by atoms with Crippen molar-refractivity contribution in [2.24, 2.45) is 5.92 Å². The Labute approximate surface area is 193 Å². The van der Waals surface area contributed by atoms with Crippen molar-refractivity contribution in [3.8, 4) is 5.75 Å². The van der Waals surface area contributed by atoms with Crippen molar-refractivity contribution in [1.82, 2.24) is 14.9 Å². The molecule has 1 unspecified atom stereocenters. The van der Waals surface area contributed by atoms with Crippen LogP contribution in [-0.4, -0.2) is 51.3 Å². The lowest BCUT2D eigenvalue weighted by molar-refractivity contribution is -0.126. The van der Waals surface area contributed by atoms with Crippen LogP contribution in [0.4, 0.5) is 4.39 Å². The Morgan fingerprint density at radius 1 is 1.09 bits per heavy atom. The third kappa shape index (κ3) is 6.75. The molecule has 2 amide bonds. The van der Waals surface area contributed by atoms with Gasteiger partial charge in [-0.25, -0.2) is 12.8 Å². The third-order valence-electron chi connectivity index (χ3n) is 5.51. The van der Waals surface area contributed by atoms with E-state index in [4.69, 9.17) is 4.74 Å². The summed E-state index contributed by atoms with van der Waals surface area (Å²) in [7, 11) is -2.22. The van der Waals surface area contributed by atoms with Crippen LogP contribution in [0, 0.1) is 11.7 Å². The van der Waals surface area contributed by atoms with E-state index in [1.54, 1.807) is 7.11 Å². The van der Waals surface area contributed by atoms with Crippen molar-refractivity contribution in [2.75, 3.05) is 26.7 Å². The molecule has 1 aliphatic heterocycles. The van der Waals surface area contributed by atoms with E-state index in [9.17, 15) is 22.4 Å². The number of halogens is 1. The van der Waals surface area contributed by atoms with Gasteiger partial charge >= 0.3 is 0 Å². The van der Waals surface area contributed by atoms with Crippen LogP contribution in [0.5, 0.6) is 5.75 Å². The predicted octanol–water partition coefficient (Wildman–Crippen LogP) is 2.06. The fraction of sp³-hybridized carbons (Fsp3) is 0.391. The van der Waals surface area contributed by atoms with Gasteiger partial charge in [0.2, 0.25) is 21.8 Å². The summed E-state index contributed by atoms with van der Waals surface area (Å²) in [5.41, 5.74) is 0.929. The molecule has 8 nitrogen and oxygen atoms in total. The van der Waals surface area contributed by atoms with Crippen LogP contribution in [-0.2, 0) is 26.2 Å². The van der Waals surface area contributed by atoms with Gasteiger partial charge in [-0.05, 0) is 54.8 Å². The lowest BCUT2D eigenvalue weighted by atomic mass is 9.99. The Balaban J connectivity index is 1.44. The first-order valence-electron chi connectivity index (χ1n) is 10.7. The number of amides is 2. The third-order valence-corrected chi connectivity index (χ3v) is 7.39. The standard InChI is InChI=1S/C23H28FN3O5S/c1-32-20-8-4-17(5-9-20)15-26-22(28)12-13-25-23(29)18-3-2-14-27(16-18)33(30,31)21-10-6-19(24)7-11-21/h4-11,18H,2-3,12-16H2,1H3,(H,25,29)(H,26,28). The van der Waals surface area contributed by atoms with E-state index in [-0.39, 0.29) is 36.2 Å². The molecule has 178 valence electrons. The van der Waals surface area contributed by atoms with Crippen molar-refractivity contribution < 1.29 is 27.1 Å². The zero-order valence-electron chi connectivity index (χ0n) is 18.4. The van der Waals surface area contributed by atoms with Crippen LogP contribution < -0.4 is 15.4 Å². The number of sulfonamides is 1. The van der Waals surface area contributed by atoms with Gasteiger partial charge in [0, 0.05) is 32.6 Å². The summed E-state index contributed by atoms with van der Waals surface area (Å²) in [6.07, 6.45) is 1.22. The molecule has 1 saturated heterocycles. The maximum Gasteiger partial charge on any atom is 0.243 e. The Bertz CT molecular complexity index is 1060. The Morgan fingerprint density at radius 2 is 1.79 bits per heavy atom. The summed E-state index contributed by atoms with van der Waals surface area (Å²) < 4.78 is 45.1. The molecule has 0 bridgehead atoms. The zero-order valence-corrected chi connectivity index (χ0v) is 19.2. The summed E-state index contributed by atoms with van der Waals surface area (Å²) in [5.74, 6) is -0.763. The Morgan fingerprint density at radius 3 is 2.45 bits per heavy atom. The number of carbonyl (C=O) groups excluding carboxylic acids is 2. The minimum atomic E-state index is -3.80. The first-order chi connectivity index (χ1) is 15.8. The number of piperidine rings is 1. The number of carbonyl (C=O) groups is 2. The van der Waals surface area contributed by atoms with Gasteiger partial charge in [0.1, 0.15) is 11.6 Å².